The fourth-order valence-corrected chi connectivity index (χ4v) is 2.89. The molecule has 1 unspecified atom stereocenters. The number of nitrogens with zero attached hydrogens (tertiary/aromatic N) is 2. The first-order valence-corrected chi connectivity index (χ1v) is 9.04. The van der Waals surface area contributed by atoms with Crippen molar-refractivity contribution >= 4 is 24.2 Å². The van der Waals surface area contributed by atoms with Crippen molar-refractivity contribution in [1.82, 2.24) is 20.8 Å². The third-order valence-corrected chi connectivity index (χ3v) is 4.62. The highest BCUT2D eigenvalue weighted by molar-refractivity contribution is 5.87. The van der Waals surface area contributed by atoms with Crippen molar-refractivity contribution in [2.75, 3.05) is 6.54 Å². The Morgan fingerprint density at radius 1 is 1.23 bits per heavy atom. The highest BCUT2D eigenvalue weighted by Gasteiger charge is 2.24. The van der Waals surface area contributed by atoms with Gasteiger partial charge in [-0.25, -0.2) is 0 Å². The van der Waals surface area contributed by atoms with Crippen LogP contribution in [0.5, 0.6) is 0 Å². The van der Waals surface area contributed by atoms with E-state index in [0.717, 1.165) is 18.7 Å². The number of carbonyl (C=O) groups excluding carboxylic acids is 2. The Morgan fingerprint density at radius 2 is 1.88 bits per heavy atom. The molecule has 1 aromatic heterocycles. The van der Waals surface area contributed by atoms with Gasteiger partial charge in [-0.15, -0.1) is 12.4 Å². The molecule has 9 heteroatoms. The minimum absolute atomic E-state index is 0. The number of nitrogens with one attached hydrogen (secondary N) is 2. The van der Waals surface area contributed by atoms with E-state index in [1.165, 1.54) is 19.3 Å². The van der Waals surface area contributed by atoms with Gasteiger partial charge in [-0.2, -0.15) is 4.98 Å². The van der Waals surface area contributed by atoms with Crippen LogP contribution in [0.1, 0.15) is 76.6 Å². The van der Waals surface area contributed by atoms with E-state index < -0.39 is 12.1 Å². The summed E-state index contributed by atoms with van der Waals surface area (Å²) in [5.41, 5.74) is 5.74. The molecule has 0 aliphatic heterocycles. The van der Waals surface area contributed by atoms with Crippen LogP contribution in [0, 0.1) is 5.92 Å². The first-order valence-electron chi connectivity index (χ1n) is 9.04. The average molecular weight is 388 g/mol. The number of carbonyl (C=O) groups is 2. The quantitative estimate of drug-likeness (QED) is 0.655. The van der Waals surface area contributed by atoms with E-state index in [1.807, 2.05) is 13.8 Å². The zero-order valence-corrected chi connectivity index (χ0v) is 16.5. The number of aromatic nitrogens is 2. The molecule has 0 aromatic carbocycles. The number of hydrogen-bond donors (Lipinski definition) is 3. The summed E-state index contributed by atoms with van der Waals surface area (Å²) in [7, 11) is 0. The van der Waals surface area contributed by atoms with Crippen molar-refractivity contribution in [3.8, 4) is 0 Å². The van der Waals surface area contributed by atoms with Crippen molar-refractivity contribution in [3.63, 3.8) is 0 Å². The van der Waals surface area contributed by atoms with Crippen LogP contribution in [-0.2, 0) is 9.59 Å². The Morgan fingerprint density at radius 3 is 2.50 bits per heavy atom. The van der Waals surface area contributed by atoms with Gasteiger partial charge in [0, 0.05) is 5.92 Å². The Balaban J connectivity index is 0.00000338. The van der Waals surface area contributed by atoms with E-state index in [4.69, 9.17) is 10.3 Å². The lowest BCUT2D eigenvalue weighted by Gasteiger charge is -2.17. The van der Waals surface area contributed by atoms with E-state index in [2.05, 4.69) is 20.8 Å². The zero-order valence-electron chi connectivity index (χ0n) is 15.7. The van der Waals surface area contributed by atoms with Gasteiger partial charge in [0.25, 0.3) is 0 Å². The second-order valence-corrected chi connectivity index (χ2v) is 7.10. The molecule has 0 radical (unpaired) electrons. The average Bonchev–Trinajstić information content (AvgIpc) is 3.10. The largest absolute Gasteiger partial charge is 0.346 e. The fourth-order valence-electron chi connectivity index (χ4n) is 2.89. The predicted molar refractivity (Wildman–Crippen MR) is 99.8 cm³/mol. The van der Waals surface area contributed by atoms with Gasteiger partial charge in [-0.05, 0) is 25.7 Å². The smallest absolute Gasteiger partial charge is 0.248 e. The van der Waals surface area contributed by atoms with Gasteiger partial charge < -0.3 is 20.9 Å². The van der Waals surface area contributed by atoms with Crippen LogP contribution >= 0.6 is 12.4 Å². The summed E-state index contributed by atoms with van der Waals surface area (Å²) >= 11 is 0. The molecule has 26 heavy (non-hydrogen) atoms. The Kier molecular flexibility index (Phi) is 9.01. The monoisotopic (exact) mass is 387 g/mol. The molecule has 0 bridgehead atoms. The van der Waals surface area contributed by atoms with Gasteiger partial charge in [-0.3, -0.25) is 9.59 Å². The van der Waals surface area contributed by atoms with E-state index in [-0.39, 0.29) is 36.7 Å². The summed E-state index contributed by atoms with van der Waals surface area (Å²) in [6.45, 7) is 5.35. The Labute approximate surface area is 160 Å². The fraction of sp³-hybridized carbons (Fsp3) is 0.765. The standard InChI is InChI=1S/C17H29N5O3.ClH/c1-10(2)14(18)16(24)19-9-13(23)20-11(3)17-21-15(22-25-17)12-7-5-4-6-8-12;/h10-12,14H,4-9,18H2,1-3H3,(H,19,24)(H,20,23);1H/t11?,14-;/m0./s1. The number of rotatable bonds is 7. The van der Waals surface area contributed by atoms with Crippen molar-refractivity contribution in [3.05, 3.63) is 11.7 Å². The van der Waals surface area contributed by atoms with Crippen LogP contribution in [0.15, 0.2) is 4.52 Å². The van der Waals surface area contributed by atoms with E-state index >= 15 is 0 Å². The Bertz CT molecular complexity index is 587. The van der Waals surface area contributed by atoms with Crippen LogP contribution in [0.3, 0.4) is 0 Å². The summed E-state index contributed by atoms with van der Waals surface area (Å²) in [4.78, 5) is 28.2. The molecule has 2 rings (SSSR count). The molecule has 0 spiro atoms. The van der Waals surface area contributed by atoms with Crippen molar-refractivity contribution in [2.24, 2.45) is 11.7 Å². The number of nitrogens with two attached hydrogens (primary N) is 1. The lowest BCUT2D eigenvalue weighted by atomic mass is 9.89. The molecule has 4 N–H and O–H groups in total. The van der Waals surface area contributed by atoms with Crippen LogP contribution < -0.4 is 16.4 Å². The minimum Gasteiger partial charge on any atom is -0.346 e. The van der Waals surface area contributed by atoms with Crippen LogP contribution in [0.2, 0.25) is 0 Å². The first kappa shape index (κ1) is 22.4. The van der Waals surface area contributed by atoms with Crippen molar-refractivity contribution < 1.29 is 14.1 Å². The summed E-state index contributed by atoms with van der Waals surface area (Å²) in [5, 5.41) is 9.34. The van der Waals surface area contributed by atoms with Gasteiger partial charge in [0.1, 0.15) is 6.04 Å². The van der Waals surface area contributed by atoms with Gasteiger partial charge in [0.2, 0.25) is 17.7 Å². The number of halogens is 1. The number of hydrogen-bond acceptors (Lipinski definition) is 6. The molecule has 148 valence electrons. The maximum absolute atomic E-state index is 12.0. The van der Waals surface area contributed by atoms with Crippen LogP contribution in [-0.4, -0.2) is 34.5 Å². The molecular formula is C17H30ClN5O3. The lowest BCUT2D eigenvalue weighted by molar-refractivity contribution is -0.127. The zero-order chi connectivity index (χ0) is 18.4. The first-order chi connectivity index (χ1) is 11.9. The van der Waals surface area contributed by atoms with Crippen molar-refractivity contribution in [2.45, 2.75) is 70.9 Å². The van der Waals surface area contributed by atoms with E-state index in [0.29, 0.717) is 11.8 Å². The van der Waals surface area contributed by atoms with Gasteiger partial charge in [-0.1, -0.05) is 38.3 Å². The maximum Gasteiger partial charge on any atom is 0.248 e. The Hall–Kier alpha value is -1.67. The summed E-state index contributed by atoms with van der Waals surface area (Å²) in [6, 6.07) is -1.03. The molecule has 2 atom stereocenters. The molecule has 1 aromatic rings. The molecule has 1 saturated carbocycles. The lowest BCUT2D eigenvalue weighted by Crippen LogP contribution is -2.47. The van der Waals surface area contributed by atoms with E-state index in [9.17, 15) is 9.59 Å². The second-order valence-electron chi connectivity index (χ2n) is 7.10. The predicted octanol–water partition coefficient (Wildman–Crippen LogP) is 1.82. The molecule has 8 nitrogen and oxygen atoms in total. The molecule has 2 amide bonds. The molecule has 1 heterocycles. The molecular weight excluding hydrogens is 358 g/mol. The molecule has 1 aliphatic rings. The highest BCUT2D eigenvalue weighted by atomic mass is 35.5. The minimum atomic E-state index is -0.626. The van der Waals surface area contributed by atoms with Gasteiger partial charge in [0.15, 0.2) is 5.82 Å². The second kappa shape index (κ2) is 10.5. The number of amides is 2. The maximum atomic E-state index is 12.0. The summed E-state index contributed by atoms with van der Waals surface area (Å²) in [6.07, 6.45) is 5.82. The molecule has 0 saturated heterocycles. The molecule has 1 fully saturated rings. The highest BCUT2D eigenvalue weighted by Crippen LogP contribution is 2.31. The summed E-state index contributed by atoms with van der Waals surface area (Å²) in [5.74, 6) is 0.820. The van der Waals surface area contributed by atoms with Crippen LogP contribution in [0.25, 0.3) is 0 Å². The van der Waals surface area contributed by atoms with Crippen molar-refractivity contribution in [1.29, 1.82) is 0 Å². The third kappa shape index (κ3) is 6.25. The van der Waals surface area contributed by atoms with E-state index in [1.54, 1.807) is 6.92 Å². The topological polar surface area (TPSA) is 123 Å². The summed E-state index contributed by atoms with van der Waals surface area (Å²) < 4.78 is 5.29. The SMILES string of the molecule is CC(NC(=O)CNC(=O)[C@@H](N)C(C)C)c1nc(C2CCCCC2)no1.Cl. The van der Waals surface area contributed by atoms with Gasteiger partial charge >= 0.3 is 0 Å². The van der Waals surface area contributed by atoms with Gasteiger partial charge in [0.05, 0.1) is 12.6 Å². The van der Waals surface area contributed by atoms with Crippen LogP contribution in [0.4, 0.5) is 0 Å². The molecule has 1 aliphatic carbocycles. The normalized spacial score (nSPS) is 17.3. The third-order valence-electron chi connectivity index (χ3n) is 4.62.